The number of rotatable bonds is 4. The first-order chi connectivity index (χ1) is 16.2. The van der Waals surface area contributed by atoms with E-state index in [9.17, 15) is 18.0 Å². The Hall–Kier alpha value is -3.08. The maximum atomic E-state index is 13.2. The number of benzene rings is 1. The van der Waals surface area contributed by atoms with Crippen LogP contribution in [0.2, 0.25) is 0 Å². The summed E-state index contributed by atoms with van der Waals surface area (Å²) < 4.78 is 39.1. The minimum atomic E-state index is -5.08. The summed E-state index contributed by atoms with van der Waals surface area (Å²) in [4.78, 5) is 26.6. The number of alkyl halides is 3. The zero-order valence-corrected chi connectivity index (χ0v) is 19.0. The Labute approximate surface area is 195 Å². The highest BCUT2D eigenvalue weighted by Crippen LogP contribution is 2.22. The van der Waals surface area contributed by atoms with Gasteiger partial charge in [0.25, 0.3) is 5.91 Å². The fraction of sp³-hybridized carbons (Fsp3) is 0.522. The van der Waals surface area contributed by atoms with E-state index in [1.54, 1.807) is 7.11 Å². The summed E-state index contributed by atoms with van der Waals surface area (Å²) in [6.07, 6.45) is 0.663. The van der Waals surface area contributed by atoms with Crippen LogP contribution in [0.4, 0.5) is 13.2 Å². The summed E-state index contributed by atoms with van der Waals surface area (Å²) in [6, 6.07) is 9.46. The molecule has 1 fully saturated rings. The van der Waals surface area contributed by atoms with E-state index in [-0.39, 0.29) is 5.91 Å². The first-order valence-electron chi connectivity index (χ1n) is 11.1. The third-order valence-electron chi connectivity index (χ3n) is 5.88. The number of aliphatic carboxylic acids is 1. The van der Waals surface area contributed by atoms with Gasteiger partial charge < -0.3 is 19.6 Å². The average Bonchev–Trinajstić information content (AvgIpc) is 3.17. The molecule has 1 aromatic carbocycles. The lowest BCUT2D eigenvalue weighted by Gasteiger charge is -2.31. The quantitative estimate of drug-likeness (QED) is 0.720. The largest absolute Gasteiger partial charge is 0.497 e. The Balaban J connectivity index is 0.000000406. The van der Waals surface area contributed by atoms with Crippen molar-refractivity contribution in [2.24, 2.45) is 5.92 Å². The number of nitrogens with zero attached hydrogens (tertiary/aromatic N) is 4. The first kappa shape index (κ1) is 25.5. The minimum absolute atomic E-state index is 0.0622. The van der Waals surface area contributed by atoms with E-state index in [0.717, 1.165) is 25.3 Å². The molecule has 3 heterocycles. The van der Waals surface area contributed by atoms with Crippen LogP contribution < -0.4 is 4.74 Å². The van der Waals surface area contributed by atoms with Crippen LogP contribution in [0.3, 0.4) is 0 Å². The number of ether oxygens (including phenoxy) is 1. The van der Waals surface area contributed by atoms with Crippen molar-refractivity contribution in [1.82, 2.24) is 19.6 Å². The van der Waals surface area contributed by atoms with Crippen LogP contribution in [0.25, 0.3) is 0 Å². The number of carboxylic acid groups (broad SMARTS) is 1. The van der Waals surface area contributed by atoms with Crippen LogP contribution in [-0.4, -0.2) is 76.0 Å². The number of hydrogen-bond donors (Lipinski definition) is 1. The standard InChI is InChI=1S/C21H28N4O2.C2HF3O2/c1-27-20-7-5-6-18(12-20)21(26)24-14-17(13-23-10-3-2-4-11-23)15-25-19(16-24)8-9-22-25;3-2(4,5)1(6)7/h5-9,12,17H,2-4,10-11,13-16H2,1H3;(H,6,7). The number of aromatic nitrogens is 2. The number of hydrogen-bond acceptors (Lipinski definition) is 5. The zero-order valence-electron chi connectivity index (χ0n) is 19.0. The second-order valence-corrected chi connectivity index (χ2v) is 8.45. The first-order valence-corrected chi connectivity index (χ1v) is 11.1. The fourth-order valence-electron chi connectivity index (χ4n) is 4.25. The molecule has 1 aromatic heterocycles. The second-order valence-electron chi connectivity index (χ2n) is 8.45. The smallest absolute Gasteiger partial charge is 0.490 e. The number of carboxylic acids is 1. The molecule has 0 spiro atoms. The SMILES string of the molecule is COc1cccc(C(=O)N2Cc3ccnn3CC(CN3CCCCC3)C2)c1.O=C(O)C(F)(F)F. The molecule has 2 aliphatic rings. The van der Waals surface area contributed by atoms with Gasteiger partial charge in [-0.05, 0) is 50.2 Å². The monoisotopic (exact) mass is 482 g/mol. The molecule has 34 heavy (non-hydrogen) atoms. The second kappa shape index (κ2) is 11.4. The molecule has 1 amide bonds. The average molecular weight is 483 g/mol. The summed E-state index contributed by atoms with van der Waals surface area (Å²) in [5, 5.41) is 11.6. The third kappa shape index (κ3) is 6.96. The summed E-state index contributed by atoms with van der Waals surface area (Å²) in [6.45, 7) is 5.61. The molecule has 0 radical (unpaired) electrons. The Morgan fingerprint density at radius 2 is 1.85 bits per heavy atom. The van der Waals surface area contributed by atoms with Gasteiger partial charge in [0.1, 0.15) is 5.75 Å². The van der Waals surface area contributed by atoms with Crippen molar-refractivity contribution in [2.45, 2.75) is 38.5 Å². The van der Waals surface area contributed by atoms with E-state index in [1.165, 1.54) is 32.4 Å². The molecule has 0 saturated carbocycles. The molecule has 0 bridgehead atoms. The number of amides is 1. The molecule has 1 unspecified atom stereocenters. The van der Waals surface area contributed by atoms with Crippen LogP contribution in [0, 0.1) is 5.92 Å². The molecule has 8 nitrogen and oxygen atoms in total. The van der Waals surface area contributed by atoms with Gasteiger partial charge in [-0.1, -0.05) is 12.5 Å². The Kier molecular flexibility index (Phi) is 8.54. The topological polar surface area (TPSA) is 87.9 Å². The van der Waals surface area contributed by atoms with E-state index < -0.39 is 12.1 Å². The highest BCUT2D eigenvalue weighted by Gasteiger charge is 2.38. The van der Waals surface area contributed by atoms with Gasteiger partial charge in [0, 0.05) is 37.3 Å². The van der Waals surface area contributed by atoms with Crippen molar-refractivity contribution in [1.29, 1.82) is 0 Å². The van der Waals surface area contributed by atoms with Gasteiger partial charge in [0.15, 0.2) is 0 Å². The maximum absolute atomic E-state index is 13.2. The number of likely N-dealkylation sites (tertiary alicyclic amines) is 1. The number of carbonyl (C=O) groups is 2. The molecular formula is C23H29F3N4O4. The molecule has 1 atom stereocenters. The Morgan fingerprint density at radius 1 is 1.15 bits per heavy atom. The van der Waals surface area contributed by atoms with E-state index in [0.29, 0.717) is 23.8 Å². The molecule has 2 aliphatic heterocycles. The fourth-order valence-corrected chi connectivity index (χ4v) is 4.25. The lowest BCUT2D eigenvalue weighted by molar-refractivity contribution is -0.192. The van der Waals surface area contributed by atoms with Gasteiger partial charge in [0.05, 0.1) is 19.3 Å². The van der Waals surface area contributed by atoms with Crippen molar-refractivity contribution in [3.05, 3.63) is 47.8 Å². The molecule has 1 N–H and O–H groups in total. The van der Waals surface area contributed by atoms with Crippen molar-refractivity contribution < 1.29 is 32.6 Å². The third-order valence-corrected chi connectivity index (χ3v) is 5.88. The molecule has 1 saturated heterocycles. The van der Waals surface area contributed by atoms with Gasteiger partial charge in [-0.15, -0.1) is 0 Å². The van der Waals surface area contributed by atoms with Crippen LogP contribution in [-0.2, 0) is 17.9 Å². The van der Waals surface area contributed by atoms with Crippen molar-refractivity contribution in [2.75, 3.05) is 33.3 Å². The van der Waals surface area contributed by atoms with E-state index in [4.69, 9.17) is 14.6 Å². The number of piperidine rings is 1. The summed E-state index contributed by atoms with van der Waals surface area (Å²) in [5.74, 6) is -1.59. The van der Waals surface area contributed by atoms with E-state index in [1.807, 2.05) is 41.4 Å². The Morgan fingerprint density at radius 3 is 2.50 bits per heavy atom. The van der Waals surface area contributed by atoms with Gasteiger partial charge in [0.2, 0.25) is 0 Å². The summed E-state index contributed by atoms with van der Waals surface area (Å²) in [7, 11) is 1.63. The van der Waals surface area contributed by atoms with Crippen LogP contribution >= 0.6 is 0 Å². The summed E-state index contributed by atoms with van der Waals surface area (Å²) >= 11 is 0. The van der Waals surface area contributed by atoms with Crippen LogP contribution in [0.5, 0.6) is 5.75 Å². The number of carbonyl (C=O) groups excluding carboxylic acids is 1. The van der Waals surface area contributed by atoms with Crippen molar-refractivity contribution in [3.63, 3.8) is 0 Å². The Bertz CT molecular complexity index is 973. The lowest BCUT2D eigenvalue weighted by Crippen LogP contribution is -2.40. The molecule has 2 aromatic rings. The number of methoxy groups -OCH3 is 1. The molecule has 11 heteroatoms. The predicted octanol–water partition coefficient (Wildman–Crippen LogP) is 3.28. The number of fused-ring (bicyclic) bond motifs is 1. The highest BCUT2D eigenvalue weighted by molar-refractivity contribution is 5.94. The van der Waals surface area contributed by atoms with E-state index >= 15 is 0 Å². The van der Waals surface area contributed by atoms with Crippen LogP contribution in [0.1, 0.15) is 35.3 Å². The van der Waals surface area contributed by atoms with Gasteiger partial charge >= 0.3 is 12.1 Å². The predicted molar refractivity (Wildman–Crippen MR) is 117 cm³/mol. The molecule has 4 rings (SSSR count). The maximum Gasteiger partial charge on any atom is 0.490 e. The van der Waals surface area contributed by atoms with E-state index in [2.05, 4.69) is 14.7 Å². The van der Waals surface area contributed by atoms with Gasteiger partial charge in [-0.25, -0.2) is 4.79 Å². The zero-order chi connectivity index (χ0) is 24.7. The van der Waals surface area contributed by atoms with Crippen LogP contribution in [0.15, 0.2) is 36.5 Å². The minimum Gasteiger partial charge on any atom is -0.497 e. The molecule has 186 valence electrons. The van der Waals surface area contributed by atoms with Gasteiger partial charge in [-0.3, -0.25) is 9.48 Å². The molecule has 0 aliphatic carbocycles. The lowest BCUT2D eigenvalue weighted by atomic mass is 10.0. The normalized spacial score (nSPS) is 18.8. The van der Waals surface area contributed by atoms with Crippen molar-refractivity contribution in [3.8, 4) is 5.75 Å². The van der Waals surface area contributed by atoms with Gasteiger partial charge in [-0.2, -0.15) is 18.3 Å². The highest BCUT2D eigenvalue weighted by atomic mass is 19.4. The molecular weight excluding hydrogens is 453 g/mol. The summed E-state index contributed by atoms with van der Waals surface area (Å²) in [5.41, 5.74) is 1.78. The van der Waals surface area contributed by atoms with Crippen molar-refractivity contribution >= 4 is 11.9 Å². The number of halogens is 3.